The zero-order chi connectivity index (χ0) is 14.5. The van der Waals surface area contributed by atoms with Crippen LogP contribution < -0.4 is 0 Å². The first-order chi connectivity index (χ1) is 8.99. The second-order valence-corrected chi connectivity index (χ2v) is 7.55. The summed E-state index contributed by atoms with van der Waals surface area (Å²) >= 11 is 0. The van der Waals surface area contributed by atoms with Crippen molar-refractivity contribution in [3.63, 3.8) is 0 Å². The third-order valence-electron chi connectivity index (χ3n) is 3.34. The number of Topliss-reactive ketones (excluding diaryl/α,β-unsaturated/α-hetero) is 1. The van der Waals surface area contributed by atoms with E-state index >= 15 is 0 Å². The maximum Gasteiger partial charge on any atom is 0.500 e. The Morgan fingerprint density at radius 2 is 1.74 bits per heavy atom. The average molecular weight is 282 g/mol. The van der Waals surface area contributed by atoms with Crippen LogP contribution >= 0.6 is 0 Å². The molecular weight excluding hydrogens is 260 g/mol. The van der Waals surface area contributed by atoms with Crippen LogP contribution in [0.5, 0.6) is 0 Å². The third kappa shape index (κ3) is 3.73. The molecule has 0 atom stereocenters. The van der Waals surface area contributed by atoms with E-state index in [9.17, 15) is 4.79 Å². The van der Waals surface area contributed by atoms with Crippen molar-refractivity contribution in [2.24, 2.45) is 0 Å². The summed E-state index contributed by atoms with van der Waals surface area (Å²) in [5.41, 5.74) is 2.83. The van der Waals surface area contributed by atoms with E-state index in [0.717, 1.165) is 16.7 Å². The molecule has 0 amide bonds. The number of benzene rings is 1. The smallest absolute Gasteiger partial charge is 0.377 e. The van der Waals surface area contributed by atoms with Gasteiger partial charge in [0.2, 0.25) is 0 Å². The van der Waals surface area contributed by atoms with Gasteiger partial charge in [-0.3, -0.25) is 4.79 Å². The first kappa shape index (κ1) is 16.0. The Morgan fingerprint density at radius 3 is 2.21 bits per heavy atom. The topological polar surface area (TPSA) is 44.8 Å². The minimum atomic E-state index is -2.59. The molecule has 0 bridgehead atoms. The molecule has 0 saturated heterocycles. The second kappa shape index (κ2) is 6.95. The van der Waals surface area contributed by atoms with E-state index in [2.05, 4.69) is 0 Å². The molecule has 19 heavy (non-hydrogen) atoms. The van der Waals surface area contributed by atoms with E-state index in [1.54, 1.807) is 28.3 Å². The zero-order valence-electron chi connectivity index (χ0n) is 12.3. The summed E-state index contributed by atoms with van der Waals surface area (Å²) < 4.78 is 16.2. The lowest BCUT2D eigenvalue weighted by atomic mass is 9.97. The molecule has 0 aromatic heterocycles. The molecule has 1 aromatic carbocycles. The Hall–Kier alpha value is -1.01. The highest BCUT2D eigenvalue weighted by Gasteiger charge is 2.37. The van der Waals surface area contributed by atoms with Crippen LogP contribution in [0, 0.1) is 6.92 Å². The van der Waals surface area contributed by atoms with Crippen molar-refractivity contribution < 1.29 is 18.1 Å². The van der Waals surface area contributed by atoms with Crippen LogP contribution in [-0.2, 0) is 19.7 Å². The molecule has 0 aliphatic heterocycles. The molecule has 0 spiro atoms. The normalized spacial score (nSPS) is 11.6. The molecule has 0 fully saturated rings. The van der Waals surface area contributed by atoms with Gasteiger partial charge in [0.1, 0.15) is 0 Å². The highest BCUT2D eigenvalue weighted by molar-refractivity contribution is 6.60. The van der Waals surface area contributed by atoms with E-state index in [1.165, 1.54) is 0 Å². The summed E-state index contributed by atoms with van der Waals surface area (Å²) in [6, 6.07) is 6.55. The molecule has 0 saturated carbocycles. The van der Waals surface area contributed by atoms with E-state index in [1.807, 2.05) is 25.1 Å². The number of carbonyl (C=O) groups excluding carboxylic acids is 1. The Labute approximate surface area is 116 Å². The standard InChI is InChI=1S/C14H22O4Si/c1-11-7-6-8-13(14(11)12(2)15)9-10-19(16-3,17-4)18-5/h6-8H,9-10H2,1-5H3. The molecule has 1 aromatic rings. The lowest BCUT2D eigenvalue weighted by Gasteiger charge is -2.24. The number of hydrogen-bond donors (Lipinski definition) is 0. The summed E-state index contributed by atoms with van der Waals surface area (Å²) in [5.74, 6) is 0.0904. The van der Waals surface area contributed by atoms with Gasteiger partial charge < -0.3 is 13.3 Å². The van der Waals surface area contributed by atoms with Crippen LogP contribution in [0.15, 0.2) is 18.2 Å². The van der Waals surface area contributed by atoms with Crippen LogP contribution in [0.2, 0.25) is 6.04 Å². The van der Waals surface area contributed by atoms with Crippen LogP contribution in [-0.4, -0.2) is 35.9 Å². The molecule has 4 nitrogen and oxygen atoms in total. The van der Waals surface area contributed by atoms with Crippen molar-refractivity contribution >= 4 is 14.6 Å². The van der Waals surface area contributed by atoms with Gasteiger partial charge in [0, 0.05) is 32.9 Å². The number of rotatable bonds is 7. The Kier molecular flexibility index (Phi) is 5.87. The SMILES string of the molecule is CO[Si](CCc1cccc(C)c1C(C)=O)(OC)OC. The molecule has 0 radical (unpaired) electrons. The van der Waals surface area contributed by atoms with Gasteiger partial charge in [0.15, 0.2) is 5.78 Å². The Bertz CT molecular complexity index is 433. The molecule has 1 rings (SSSR count). The van der Waals surface area contributed by atoms with Gasteiger partial charge in [0.05, 0.1) is 0 Å². The van der Waals surface area contributed by atoms with Gasteiger partial charge in [-0.25, -0.2) is 0 Å². The van der Waals surface area contributed by atoms with Crippen LogP contribution in [0.25, 0.3) is 0 Å². The van der Waals surface area contributed by atoms with E-state index < -0.39 is 8.80 Å². The number of carbonyl (C=O) groups is 1. The summed E-state index contributed by atoms with van der Waals surface area (Å²) in [5, 5.41) is 0. The maximum atomic E-state index is 11.7. The fraction of sp³-hybridized carbons (Fsp3) is 0.500. The van der Waals surface area contributed by atoms with Gasteiger partial charge in [-0.1, -0.05) is 18.2 Å². The summed E-state index contributed by atoms with van der Waals surface area (Å²) in [4.78, 5) is 11.7. The zero-order valence-corrected chi connectivity index (χ0v) is 13.3. The monoisotopic (exact) mass is 282 g/mol. The first-order valence-electron chi connectivity index (χ1n) is 6.24. The lowest BCUT2D eigenvalue weighted by Crippen LogP contribution is -2.43. The summed E-state index contributed by atoms with van der Waals surface area (Å²) in [6.07, 6.45) is 0.707. The molecular formula is C14H22O4Si. The number of aryl methyl sites for hydroxylation is 2. The fourth-order valence-corrected chi connectivity index (χ4v) is 3.97. The largest absolute Gasteiger partial charge is 0.500 e. The highest BCUT2D eigenvalue weighted by atomic mass is 28.4. The maximum absolute atomic E-state index is 11.7. The fourth-order valence-electron chi connectivity index (χ4n) is 2.28. The van der Waals surface area contributed by atoms with Gasteiger partial charge in [-0.2, -0.15) is 0 Å². The van der Waals surface area contributed by atoms with Crippen molar-refractivity contribution in [3.05, 3.63) is 34.9 Å². The van der Waals surface area contributed by atoms with Crippen molar-refractivity contribution in [2.45, 2.75) is 26.3 Å². The van der Waals surface area contributed by atoms with Crippen molar-refractivity contribution in [3.8, 4) is 0 Å². The highest BCUT2D eigenvalue weighted by Crippen LogP contribution is 2.21. The predicted octanol–water partition coefficient (Wildman–Crippen LogP) is 2.62. The van der Waals surface area contributed by atoms with Gasteiger partial charge in [0.25, 0.3) is 0 Å². The molecule has 0 aliphatic rings. The lowest BCUT2D eigenvalue weighted by molar-refractivity contribution is 0.101. The van der Waals surface area contributed by atoms with Crippen molar-refractivity contribution in [2.75, 3.05) is 21.3 Å². The Balaban J connectivity index is 2.95. The van der Waals surface area contributed by atoms with E-state index in [4.69, 9.17) is 13.3 Å². The van der Waals surface area contributed by atoms with E-state index in [-0.39, 0.29) is 5.78 Å². The summed E-state index contributed by atoms with van der Waals surface area (Å²) in [7, 11) is 2.21. The van der Waals surface area contributed by atoms with Gasteiger partial charge >= 0.3 is 8.80 Å². The van der Waals surface area contributed by atoms with Crippen LogP contribution in [0.4, 0.5) is 0 Å². The minimum absolute atomic E-state index is 0.0904. The molecule has 0 unspecified atom stereocenters. The number of ketones is 1. The molecule has 5 heteroatoms. The number of hydrogen-bond acceptors (Lipinski definition) is 4. The van der Waals surface area contributed by atoms with Gasteiger partial charge in [-0.05, 0) is 31.4 Å². The molecule has 0 heterocycles. The third-order valence-corrected chi connectivity index (χ3v) is 6.07. The van der Waals surface area contributed by atoms with Crippen molar-refractivity contribution in [1.29, 1.82) is 0 Å². The average Bonchev–Trinajstić information content (AvgIpc) is 2.40. The Morgan fingerprint density at radius 1 is 1.16 bits per heavy atom. The first-order valence-corrected chi connectivity index (χ1v) is 8.17. The summed E-state index contributed by atoms with van der Waals surface area (Å²) in [6.45, 7) is 3.55. The quantitative estimate of drug-likeness (QED) is 0.569. The minimum Gasteiger partial charge on any atom is -0.377 e. The second-order valence-electron chi connectivity index (χ2n) is 4.46. The molecule has 0 N–H and O–H groups in total. The molecule has 0 aliphatic carbocycles. The molecule has 106 valence electrons. The van der Waals surface area contributed by atoms with Crippen LogP contribution in [0.1, 0.15) is 28.4 Å². The van der Waals surface area contributed by atoms with E-state index in [0.29, 0.717) is 12.5 Å². The van der Waals surface area contributed by atoms with Gasteiger partial charge in [-0.15, -0.1) is 0 Å². The van der Waals surface area contributed by atoms with Crippen LogP contribution in [0.3, 0.4) is 0 Å². The predicted molar refractivity (Wildman–Crippen MR) is 76.5 cm³/mol. The van der Waals surface area contributed by atoms with Crippen molar-refractivity contribution in [1.82, 2.24) is 0 Å².